The summed E-state index contributed by atoms with van der Waals surface area (Å²) in [6.45, 7) is 1.92. The Balaban J connectivity index is 1.66. The second-order valence-electron chi connectivity index (χ2n) is 5.51. The van der Waals surface area contributed by atoms with E-state index in [1.54, 1.807) is 24.3 Å². The number of aryl methyl sites for hydroxylation is 1. The summed E-state index contributed by atoms with van der Waals surface area (Å²) in [5.41, 5.74) is 1.09. The normalized spacial score (nSPS) is 11.4. The van der Waals surface area contributed by atoms with E-state index in [-0.39, 0.29) is 23.8 Å². The molecule has 0 aliphatic carbocycles. The molecular weight excluding hydrogens is 374 g/mol. The summed E-state index contributed by atoms with van der Waals surface area (Å²) in [5, 5.41) is 5.42. The Morgan fingerprint density at radius 1 is 1.27 bits per heavy atom. The minimum absolute atomic E-state index is 0.0507. The molecule has 0 spiro atoms. The van der Waals surface area contributed by atoms with Gasteiger partial charge in [0.25, 0.3) is 0 Å². The number of furan rings is 1. The summed E-state index contributed by atoms with van der Waals surface area (Å²) >= 11 is 1.48. The highest BCUT2D eigenvalue weighted by Crippen LogP contribution is 2.17. The van der Waals surface area contributed by atoms with E-state index in [0.717, 1.165) is 5.01 Å². The van der Waals surface area contributed by atoms with Crippen molar-refractivity contribution < 1.29 is 17.6 Å². The summed E-state index contributed by atoms with van der Waals surface area (Å²) in [7, 11) is -3.72. The fraction of sp³-hybridized carbons (Fsp3) is 0.176. The van der Waals surface area contributed by atoms with E-state index in [4.69, 9.17) is 4.42 Å². The first-order chi connectivity index (χ1) is 12.4. The van der Waals surface area contributed by atoms with Crippen LogP contribution in [-0.2, 0) is 27.8 Å². The molecule has 1 aromatic carbocycles. The molecule has 2 N–H and O–H groups in total. The van der Waals surface area contributed by atoms with Crippen molar-refractivity contribution in [3.63, 3.8) is 0 Å². The fourth-order valence-corrected chi connectivity index (χ4v) is 3.91. The number of rotatable bonds is 7. The van der Waals surface area contributed by atoms with Crippen LogP contribution in [-0.4, -0.2) is 19.3 Å². The van der Waals surface area contributed by atoms with Gasteiger partial charge in [-0.15, -0.1) is 11.3 Å². The van der Waals surface area contributed by atoms with E-state index >= 15 is 0 Å². The van der Waals surface area contributed by atoms with Gasteiger partial charge in [-0.3, -0.25) is 4.79 Å². The van der Waals surface area contributed by atoms with Crippen LogP contribution in [0.2, 0.25) is 0 Å². The molecule has 9 heteroatoms. The van der Waals surface area contributed by atoms with Gasteiger partial charge in [0.15, 0.2) is 0 Å². The van der Waals surface area contributed by atoms with Crippen molar-refractivity contribution in [1.82, 2.24) is 9.71 Å². The van der Waals surface area contributed by atoms with Crippen LogP contribution in [0.25, 0.3) is 0 Å². The lowest BCUT2D eigenvalue weighted by Gasteiger charge is -2.08. The molecule has 0 atom stereocenters. The van der Waals surface area contributed by atoms with Crippen molar-refractivity contribution in [2.75, 3.05) is 5.32 Å². The number of hydrogen-bond donors (Lipinski definition) is 2. The minimum Gasteiger partial charge on any atom is -0.468 e. The van der Waals surface area contributed by atoms with Crippen LogP contribution in [0.4, 0.5) is 5.69 Å². The lowest BCUT2D eigenvalue weighted by molar-refractivity contribution is -0.115. The van der Waals surface area contributed by atoms with Crippen molar-refractivity contribution in [2.24, 2.45) is 0 Å². The zero-order valence-electron chi connectivity index (χ0n) is 13.9. The predicted octanol–water partition coefficient (Wildman–Crippen LogP) is 2.70. The van der Waals surface area contributed by atoms with Crippen LogP contribution < -0.4 is 10.0 Å². The van der Waals surface area contributed by atoms with Gasteiger partial charge < -0.3 is 9.73 Å². The maximum absolute atomic E-state index is 12.4. The van der Waals surface area contributed by atoms with E-state index in [2.05, 4.69) is 15.0 Å². The Morgan fingerprint density at radius 3 is 2.81 bits per heavy atom. The number of hydrogen-bond acceptors (Lipinski definition) is 6. The number of aromatic nitrogens is 1. The average Bonchev–Trinajstić information content (AvgIpc) is 3.25. The Hall–Kier alpha value is -2.49. The monoisotopic (exact) mass is 391 g/mol. The largest absolute Gasteiger partial charge is 0.468 e. The molecule has 0 radical (unpaired) electrons. The molecular formula is C17H17N3O4S2. The second kappa shape index (κ2) is 7.81. The summed E-state index contributed by atoms with van der Waals surface area (Å²) < 4.78 is 32.3. The van der Waals surface area contributed by atoms with Crippen LogP contribution in [0.1, 0.15) is 16.5 Å². The molecule has 26 heavy (non-hydrogen) atoms. The first kappa shape index (κ1) is 18.3. The van der Waals surface area contributed by atoms with Gasteiger partial charge in [0.2, 0.25) is 15.9 Å². The van der Waals surface area contributed by atoms with Crippen molar-refractivity contribution in [3.05, 3.63) is 64.5 Å². The highest BCUT2D eigenvalue weighted by Gasteiger charge is 2.15. The van der Waals surface area contributed by atoms with Crippen molar-refractivity contribution in [1.29, 1.82) is 0 Å². The van der Waals surface area contributed by atoms with Gasteiger partial charge in [-0.25, -0.2) is 18.1 Å². The Bertz CT molecular complexity index is 995. The number of carbonyl (C=O) groups excluding carboxylic acids is 1. The highest BCUT2D eigenvalue weighted by atomic mass is 32.2. The second-order valence-corrected chi connectivity index (χ2v) is 8.34. The van der Waals surface area contributed by atoms with E-state index in [1.807, 2.05) is 12.3 Å². The predicted molar refractivity (Wildman–Crippen MR) is 98.4 cm³/mol. The lowest BCUT2D eigenvalue weighted by atomic mass is 10.3. The zero-order chi connectivity index (χ0) is 18.6. The molecule has 136 valence electrons. The molecule has 0 aliphatic rings. The number of nitrogens with zero attached hydrogens (tertiary/aromatic N) is 1. The van der Waals surface area contributed by atoms with Gasteiger partial charge in [0, 0.05) is 11.1 Å². The molecule has 0 fully saturated rings. The number of carbonyl (C=O) groups is 1. The van der Waals surface area contributed by atoms with Gasteiger partial charge >= 0.3 is 0 Å². The quantitative estimate of drug-likeness (QED) is 0.645. The lowest BCUT2D eigenvalue weighted by Crippen LogP contribution is -2.23. The summed E-state index contributed by atoms with van der Waals surface area (Å²) in [6.07, 6.45) is 1.61. The molecule has 0 saturated heterocycles. The average molecular weight is 391 g/mol. The summed E-state index contributed by atoms with van der Waals surface area (Å²) in [5.74, 6) is 0.255. The van der Waals surface area contributed by atoms with Crippen LogP contribution in [0, 0.1) is 6.92 Å². The number of amides is 1. The van der Waals surface area contributed by atoms with Crippen molar-refractivity contribution in [3.8, 4) is 0 Å². The zero-order valence-corrected chi connectivity index (χ0v) is 15.6. The number of anilines is 1. The highest BCUT2D eigenvalue weighted by molar-refractivity contribution is 7.89. The molecule has 0 saturated carbocycles. The Morgan fingerprint density at radius 2 is 2.12 bits per heavy atom. The maximum Gasteiger partial charge on any atom is 0.241 e. The van der Waals surface area contributed by atoms with Crippen molar-refractivity contribution in [2.45, 2.75) is 24.8 Å². The third kappa shape index (κ3) is 4.78. The van der Waals surface area contributed by atoms with Gasteiger partial charge in [-0.1, -0.05) is 6.07 Å². The molecule has 0 aliphatic heterocycles. The smallest absolute Gasteiger partial charge is 0.241 e. The van der Waals surface area contributed by atoms with Gasteiger partial charge in [-0.2, -0.15) is 0 Å². The van der Waals surface area contributed by atoms with E-state index in [1.165, 1.54) is 29.7 Å². The van der Waals surface area contributed by atoms with Crippen LogP contribution >= 0.6 is 11.3 Å². The molecule has 2 heterocycles. The number of sulfonamides is 1. The molecule has 0 unspecified atom stereocenters. The molecule has 2 aromatic heterocycles. The summed E-state index contributed by atoms with van der Waals surface area (Å²) in [4.78, 5) is 16.4. The molecule has 1 amide bonds. The van der Waals surface area contributed by atoms with Crippen LogP contribution in [0.3, 0.4) is 0 Å². The Labute approximate surface area is 155 Å². The standard InChI is InChI=1S/C17H17N3O4S2/c1-12-19-14(11-25-12)9-17(21)20-13-4-2-6-16(8-13)26(22,23)18-10-15-5-3-7-24-15/h2-8,11,18H,9-10H2,1H3,(H,20,21). The van der Waals surface area contributed by atoms with E-state index in [9.17, 15) is 13.2 Å². The van der Waals surface area contributed by atoms with E-state index < -0.39 is 10.0 Å². The number of benzene rings is 1. The SMILES string of the molecule is Cc1nc(CC(=O)Nc2cccc(S(=O)(=O)NCc3ccco3)c2)cs1. The van der Waals surface area contributed by atoms with Gasteiger partial charge in [0.05, 0.1) is 34.8 Å². The third-order valence-electron chi connectivity index (χ3n) is 3.45. The molecule has 7 nitrogen and oxygen atoms in total. The molecule has 3 aromatic rings. The first-order valence-corrected chi connectivity index (χ1v) is 10.1. The molecule has 3 rings (SSSR count). The van der Waals surface area contributed by atoms with Crippen LogP contribution in [0.5, 0.6) is 0 Å². The number of thiazole rings is 1. The van der Waals surface area contributed by atoms with E-state index in [0.29, 0.717) is 17.1 Å². The Kier molecular flexibility index (Phi) is 5.50. The topological polar surface area (TPSA) is 101 Å². The van der Waals surface area contributed by atoms with Gasteiger partial charge in [-0.05, 0) is 37.3 Å². The molecule has 0 bridgehead atoms. The van der Waals surface area contributed by atoms with Gasteiger partial charge in [0.1, 0.15) is 5.76 Å². The maximum atomic E-state index is 12.4. The van der Waals surface area contributed by atoms with Crippen molar-refractivity contribution >= 4 is 33.0 Å². The minimum atomic E-state index is -3.72. The fourth-order valence-electron chi connectivity index (χ4n) is 2.26. The van der Waals surface area contributed by atoms with Crippen LogP contribution in [0.15, 0.2) is 57.4 Å². The first-order valence-electron chi connectivity index (χ1n) is 7.75. The number of nitrogens with one attached hydrogen (secondary N) is 2. The third-order valence-corrected chi connectivity index (χ3v) is 5.67. The summed E-state index contributed by atoms with van der Waals surface area (Å²) in [6, 6.07) is 9.45.